The molecule has 0 saturated heterocycles. The zero-order chi connectivity index (χ0) is 23.2. The van der Waals surface area contributed by atoms with Crippen molar-refractivity contribution in [1.29, 1.82) is 0 Å². The highest BCUT2D eigenvalue weighted by Crippen LogP contribution is 2.46. The number of para-hydroxylation sites is 1. The van der Waals surface area contributed by atoms with Crippen LogP contribution in [-0.2, 0) is 28.6 Å². The number of anilines is 2. The molecule has 1 saturated carbocycles. The molecule has 33 heavy (non-hydrogen) atoms. The molecule has 5 rings (SSSR count). The molecule has 0 amide bonds. The molecule has 1 aliphatic heterocycles. The second kappa shape index (κ2) is 8.44. The molecule has 3 aromatic rings. The molecule has 1 N–H and O–H groups in total. The number of aromatic nitrogens is 2. The number of hydrogen-bond acceptors (Lipinski definition) is 6. The summed E-state index contributed by atoms with van der Waals surface area (Å²) < 4.78 is 34.9. The fourth-order valence-corrected chi connectivity index (χ4v) is 6.07. The van der Waals surface area contributed by atoms with Crippen LogP contribution in [0.5, 0.6) is 5.75 Å². The highest BCUT2D eigenvalue weighted by molar-refractivity contribution is 7.85. The first-order valence-electron chi connectivity index (χ1n) is 11.2. The first-order chi connectivity index (χ1) is 16.0. The number of carbonyl (C=O) groups excluding carboxylic acids is 1. The van der Waals surface area contributed by atoms with Crippen LogP contribution < -0.4 is 15.0 Å². The highest BCUT2D eigenvalue weighted by Gasteiger charge is 2.50. The van der Waals surface area contributed by atoms with Crippen molar-refractivity contribution in [3.05, 3.63) is 41.7 Å². The molecule has 9 heteroatoms. The molecule has 2 aliphatic rings. The van der Waals surface area contributed by atoms with Gasteiger partial charge in [-0.15, -0.1) is 0 Å². The Morgan fingerprint density at radius 2 is 2.18 bits per heavy atom. The van der Waals surface area contributed by atoms with Crippen molar-refractivity contribution in [3.63, 3.8) is 0 Å². The zero-order valence-electron chi connectivity index (χ0n) is 18.8. The summed E-state index contributed by atoms with van der Waals surface area (Å²) in [7, 11) is -0.141. The second-order valence-electron chi connectivity index (χ2n) is 8.58. The van der Waals surface area contributed by atoms with Crippen LogP contribution in [-0.4, -0.2) is 45.1 Å². The number of fused-ring (bicyclic) bond motifs is 2. The Kier molecular flexibility index (Phi) is 5.60. The number of carbonyl (C=O) groups is 1. The summed E-state index contributed by atoms with van der Waals surface area (Å²) >= 11 is 0. The largest absolute Gasteiger partial charge is 0.494 e. The van der Waals surface area contributed by atoms with Gasteiger partial charge in [-0.05, 0) is 44.2 Å². The Bertz CT molecular complexity index is 1250. The normalized spacial score (nSPS) is 17.2. The van der Waals surface area contributed by atoms with Gasteiger partial charge in [0.1, 0.15) is 23.0 Å². The molecule has 1 atom stereocenters. The van der Waals surface area contributed by atoms with E-state index in [9.17, 15) is 13.4 Å². The van der Waals surface area contributed by atoms with E-state index in [0.29, 0.717) is 22.7 Å². The van der Waals surface area contributed by atoms with E-state index < -0.39 is 22.2 Å². The Morgan fingerprint density at radius 1 is 1.36 bits per heavy atom. The number of hydrogen-bond donors (Lipinski definition) is 1. The number of ether oxygens (including phenoxy) is 1. The number of imidazole rings is 1. The monoisotopic (exact) mass is 470 g/mol. The number of aldehydes is 1. The van der Waals surface area contributed by atoms with Gasteiger partial charge in [0.15, 0.2) is 11.6 Å². The Morgan fingerprint density at radius 3 is 2.88 bits per heavy atom. The van der Waals surface area contributed by atoms with Crippen molar-refractivity contribution in [3.8, 4) is 5.75 Å². The molecule has 1 fully saturated rings. The van der Waals surface area contributed by atoms with Gasteiger partial charge >= 0.3 is 0 Å². The van der Waals surface area contributed by atoms with Crippen LogP contribution in [0.25, 0.3) is 11.0 Å². The standard InChI is InChI=1S/C24H27FN4O3S/c1-3-28-20-13-21(32-2)17(25)12-18(20)27-23(28)33(31)15-29(24(14-30)9-10-24)19-8-4-6-16-7-5-11-26-22(16)19/h4,6,8,12-14,26H,3,5,7,9-11,15H2,1-2H3. The van der Waals surface area contributed by atoms with Crippen LogP contribution in [0, 0.1) is 5.82 Å². The topological polar surface area (TPSA) is 76.5 Å². The molecule has 2 heterocycles. The van der Waals surface area contributed by atoms with Gasteiger partial charge in [-0.2, -0.15) is 0 Å². The van der Waals surface area contributed by atoms with Gasteiger partial charge in [-0.25, -0.2) is 13.6 Å². The quantitative estimate of drug-likeness (QED) is 0.504. The van der Waals surface area contributed by atoms with Gasteiger partial charge < -0.3 is 24.3 Å². The molecule has 1 unspecified atom stereocenters. The SMILES string of the molecule is CCn1c(S(=O)CN(c2cccc3c2NCCC3)C2(C=O)CC2)nc2cc(F)c(OC)cc21. The van der Waals surface area contributed by atoms with E-state index in [1.165, 1.54) is 18.7 Å². The predicted octanol–water partition coefficient (Wildman–Crippen LogP) is 3.87. The third kappa shape index (κ3) is 3.68. The maximum absolute atomic E-state index is 14.3. The minimum Gasteiger partial charge on any atom is -0.494 e. The summed E-state index contributed by atoms with van der Waals surface area (Å²) in [6, 6.07) is 8.98. The minimum absolute atomic E-state index is 0.121. The number of halogens is 1. The van der Waals surface area contributed by atoms with Crippen LogP contribution in [0.3, 0.4) is 0 Å². The van der Waals surface area contributed by atoms with E-state index in [2.05, 4.69) is 16.4 Å². The number of rotatable bonds is 8. The fraction of sp³-hybridized carbons (Fsp3) is 0.417. The smallest absolute Gasteiger partial charge is 0.201 e. The van der Waals surface area contributed by atoms with Crippen LogP contribution in [0.15, 0.2) is 35.5 Å². The lowest BCUT2D eigenvalue weighted by Gasteiger charge is -2.33. The van der Waals surface area contributed by atoms with E-state index in [1.54, 1.807) is 6.07 Å². The maximum Gasteiger partial charge on any atom is 0.201 e. The van der Waals surface area contributed by atoms with Gasteiger partial charge in [0.2, 0.25) is 5.16 Å². The van der Waals surface area contributed by atoms with Gasteiger partial charge in [-0.3, -0.25) is 0 Å². The maximum atomic E-state index is 14.3. The Balaban J connectivity index is 1.56. The third-order valence-electron chi connectivity index (χ3n) is 6.62. The van der Waals surface area contributed by atoms with Crippen molar-refractivity contribution in [2.45, 2.75) is 49.8 Å². The third-order valence-corrected chi connectivity index (χ3v) is 7.83. The molecular weight excluding hydrogens is 443 g/mol. The van der Waals surface area contributed by atoms with Gasteiger partial charge in [0.05, 0.1) is 35.1 Å². The van der Waals surface area contributed by atoms with Crippen LogP contribution in [0.4, 0.5) is 15.8 Å². The van der Waals surface area contributed by atoms with E-state index in [4.69, 9.17) is 4.74 Å². The number of nitrogens with zero attached hydrogens (tertiary/aromatic N) is 3. The van der Waals surface area contributed by atoms with Crippen molar-refractivity contribution < 1.29 is 18.1 Å². The summed E-state index contributed by atoms with van der Waals surface area (Å²) in [5.41, 5.74) is 3.57. The molecule has 1 aliphatic carbocycles. The summed E-state index contributed by atoms with van der Waals surface area (Å²) in [6.45, 7) is 3.32. The molecule has 2 aromatic carbocycles. The number of aryl methyl sites for hydroxylation is 2. The molecule has 0 spiro atoms. The first kappa shape index (κ1) is 21.9. The number of benzene rings is 2. The van der Waals surface area contributed by atoms with E-state index >= 15 is 0 Å². The minimum atomic E-state index is -1.55. The molecule has 7 nitrogen and oxygen atoms in total. The van der Waals surface area contributed by atoms with Crippen LogP contribution >= 0.6 is 0 Å². The number of nitrogens with one attached hydrogen (secondary N) is 1. The molecular formula is C24H27FN4O3S. The molecule has 174 valence electrons. The summed E-state index contributed by atoms with van der Waals surface area (Å²) in [5, 5.41) is 3.84. The van der Waals surface area contributed by atoms with Gasteiger partial charge in [0, 0.05) is 25.2 Å². The summed E-state index contributed by atoms with van der Waals surface area (Å²) in [4.78, 5) is 18.6. The highest BCUT2D eigenvalue weighted by atomic mass is 32.2. The van der Waals surface area contributed by atoms with Gasteiger partial charge in [-0.1, -0.05) is 12.1 Å². The lowest BCUT2D eigenvalue weighted by Crippen LogP contribution is -2.42. The zero-order valence-corrected chi connectivity index (χ0v) is 19.6. The van der Waals surface area contributed by atoms with Crippen LogP contribution in [0.2, 0.25) is 0 Å². The second-order valence-corrected chi connectivity index (χ2v) is 9.89. The van der Waals surface area contributed by atoms with E-state index in [1.807, 2.05) is 28.5 Å². The Hall–Kier alpha value is -2.94. The lowest BCUT2D eigenvalue weighted by atomic mass is 10.0. The van der Waals surface area contributed by atoms with Gasteiger partial charge in [0.25, 0.3) is 0 Å². The Labute approximate surface area is 194 Å². The average Bonchev–Trinajstić information content (AvgIpc) is 3.56. The first-order valence-corrected chi connectivity index (χ1v) is 12.5. The van der Waals surface area contributed by atoms with Crippen molar-refractivity contribution >= 4 is 39.5 Å². The lowest BCUT2D eigenvalue weighted by molar-refractivity contribution is -0.109. The molecule has 1 aromatic heterocycles. The van der Waals surface area contributed by atoms with E-state index in [0.717, 1.165) is 49.9 Å². The molecule has 0 bridgehead atoms. The van der Waals surface area contributed by atoms with Crippen molar-refractivity contribution in [1.82, 2.24) is 9.55 Å². The fourth-order valence-electron chi connectivity index (χ4n) is 4.65. The average molecular weight is 471 g/mol. The summed E-state index contributed by atoms with van der Waals surface area (Å²) in [6.07, 6.45) is 4.46. The summed E-state index contributed by atoms with van der Waals surface area (Å²) in [5.74, 6) is -0.264. The van der Waals surface area contributed by atoms with E-state index in [-0.39, 0.29) is 11.6 Å². The van der Waals surface area contributed by atoms with Crippen molar-refractivity contribution in [2.75, 3.05) is 29.7 Å². The number of methoxy groups -OCH3 is 1. The van der Waals surface area contributed by atoms with Crippen molar-refractivity contribution in [2.24, 2.45) is 0 Å². The van der Waals surface area contributed by atoms with Crippen LogP contribution in [0.1, 0.15) is 31.7 Å². The molecule has 0 radical (unpaired) electrons. The predicted molar refractivity (Wildman–Crippen MR) is 127 cm³/mol.